The number of pyridine rings is 1. The van der Waals surface area contributed by atoms with E-state index in [2.05, 4.69) is 28.8 Å². The number of aryl methyl sites for hydroxylation is 1. The van der Waals surface area contributed by atoms with Crippen LogP contribution in [0.5, 0.6) is 0 Å². The summed E-state index contributed by atoms with van der Waals surface area (Å²) in [6, 6.07) is 6.01. The Morgan fingerprint density at radius 1 is 1.22 bits per heavy atom. The van der Waals surface area contributed by atoms with Crippen LogP contribution in [-0.2, 0) is 0 Å². The first-order valence-corrected chi connectivity index (χ1v) is 6.08. The topological polar surface area (TPSA) is 61.5 Å². The van der Waals surface area contributed by atoms with Gasteiger partial charge in [-0.3, -0.25) is 4.79 Å². The fourth-order valence-corrected chi connectivity index (χ4v) is 2.18. The van der Waals surface area contributed by atoms with Gasteiger partial charge in [0.15, 0.2) is 0 Å². The van der Waals surface area contributed by atoms with E-state index in [9.17, 15) is 4.79 Å². The van der Waals surface area contributed by atoms with Gasteiger partial charge in [0.2, 0.25) is 0 Å². The third-order valence-corrected chi connectivity index (χ3v) is 3.17. The van der Waals surface area contributed by atoms with E-state index in [1.54, 1.807) is 0 Å². The van der Waals surface area contributed by atoms with Crippen LogP contribution in [0.4, 0.5) is 0 Å². The number of fused-ring (bicyclic) bond motifs is 3. The molecule has 0 aliphatic carbocycles. The molecule has 3 rings (SSSR count). The lowest BCUT2D eigenvalue weighted by molar-refractivity contribution is 0.799. The van der Waals surface area contributed by atoms with Gasteiger partial charge < -0.3 is 9.97 Å². The first kappa shape index (κ1) is 11.0. The zero-order valence-corrected chi connectivity index (χ0v) is 10.7. The molecule has 0 spiro atoms. The normalized spacial score (nSPS) is 11.8. The van der Waals surface area contributed by atoms with Gasteiger partial charge in [-0.15, -0.1) is 0 Å². The van der Waals surface area contributed by atoms with Crippen molar-refractivity contribution in [1.82, 2.24) is 15.0 Å². The quantitative estimate of drug-likeness (QED) is 0.688. The van der Waals surface area contributed by atoms with Crippen LogP contribution in [0.2, 0.25) is 0 Å². The number of benzene rings is 1. The standard InChI is InChI=1S/C14H15N3O/c1-7(2)13-16-11-9-5-4-8(3)6-10(9)15-14(18)12(11)17-13/h4-7H,1-3H3,(H,15,18)(H,16,17). The van der Waals surface area contributed by atoms with E-state index in [1.165, 1.54) is 0 Å². The second kappa shape index (κ2) is 3.70. The molecule has 1 aromatic carbocycles. The maximum absolute atomic E-state index is 12.0. The molecule has 0 unspecified atom stereocenters. The van der Waals surface area contributed by atoms with Gasteiger partial charge in [-0.2, -0.15) is 0 Å². The highest BCUT2D eigenvalue weighted by Gasteiger charge is 2.12. The average molecular weight is 241 g/mol. The molecule has 0 fully saturated rings. The summed E-state index contributed by atoms with van der Waals surface area (Å²) in [6.45, 7) is 6.11. The number of rotatable bonds is 1. The fourth-order valence-electron chi connectivity index (χ4n) is 2.18. The highest BCUT2D eigenvalue weighted by molar-refractivity contribution is 6.01. The molecular formula is C14H15N3O. The van der Waals surface area contributed by atoms with E-state index in [4.69, 9.17) is 0 Å². The lowest BCUT2D eigenvalue weighted by atomic mass is 10.1. The fraction of sp³-hybridized carbons (Fsp3) is 0.286. The largest absolute Gasteiger partial charge is 0.337 e. The van der Waals surface area contributed by atoms with Crippen molar-refractivity contribution in [2.24, 2.45) is 0 Å². The predicted molar refractivity (Wildman–Crippen MR) is 73.0 cm³/mol. The minimum absolute atomic E-state index is 0.109. The Morgan fingerprint density at radius 2 is 2.00 bits per heavy atom. The number of H-pyrrole nitrogens is 2. The van der Waals surface area contributed by atoms with Crippen molar-refractivity contribution in [3.8, 4) is 0 Å². The molecule has 0 atom stereocenters. The molecule has 18 heavy (non-hydrogen) atoms. The SMILES string of the molecule is Cc1ccc2c(c1)[nH]c(=O)c1[nH]c(C(C)C)nc12. The van der Waals surface area contributed by atoms with E-state index in [0.717, 1.165) is 27.8 Å². The maximum atomic E-state index is 12.0. The summed E-state index contributed by atoms with van der Waals surface area (Å²) < 4.78 is 0. The van der Waals surface area contributed by atoms with Crippen molar-refractivity contribution in [1.29, 1.82) is 0 Å². The van der Waals surface area contributed by atoms with Crippen molar-refractivity contribution in [3.63, 3.8) is 0 Å². The minimum Gasteiger partial charge on any atom is -0.337 e. The maximum Gasteiger partial charge on any atom is 0.274 e. The number of nitrogens with zero attached hydrogens (tertiary/aromatic N) is 1. The number of aromatic nitrogens is 3. The second-order valence-electron chi connectivity index (χ2n) is 5.00. The van der Waals surface area contributed by atoms with Gasteiger partial charge in [-0.05, 0) is 18.6 Å². The van der Waals surface area contributed by atoms with Crippen LogP contribution in [0.25, 0.3) is 21.9 Å². The minimum atomic E-state index is -0.109. The van der Waals surface area contributed by atoms with Gasteiger partial charge in [-0.1, -0.05) is 26.0 Å². The number of imidazole rings is 1. The summed E-state index contributed by atoms with van der Waals surface area (Å²) in [5.41, 5.74) is 3.18. The van der Waals surface area contributed by atoms with Crippen LogP contribution in [0.1, 0.15) is 31.2 Å². The van der Waals surface area contributed by atoms with Crippen molar-refractivity contribution in [2.75, 3.05) is 0 Å². The molecule has 0 aliphatic heterocycles. The summed E-state index contributed by atoms with van der Waals surface area (Å²) >= 11 is 0. The van der Waals surface area contributed by atoms with Gasteiger partial charge in [0.25, 0.3) is 5.56 Å². The summed E-state index contributed by atoms with van der Waals surface area (Å²) in [5.74, 6) is 1.13. The molecule has 0 radical (unpaired) electrons. The Hall–Kier alpha value is -2.10. The summed E-state index contributed by atoms with van der Waals surface area (Å²) in [7, 11) is 0. The van der Waals surface area contributed by atoms with Crippen molar-refractivity contribution in [2.45, 2.75) is 26.7 Å². The zero-order valence-electron chi connectivity index (χ0n) is 10.7. The van der Waals surface area contributed by atoms with E-state index >= 15 is 0 Å². The Bertz CT molecular complexity index is 796. The molecule has 2 heterocycles. The van der Waals surface area contributed by atoms with Crippen LogP contribution < -0.4 is 5.56 Å². The number of hydrogen-bond acceptors (Lipinski definition) is 2. The molecule has 4 heteroatoms. The van der Waals surface area contributed by atoms with Crippen molar-refractivity contribution < 1.29 is 0 Å². The number of aromatic amines is 2. The molecular weight excluding hydrogens is 226 g/mol. The van der Waals surface area contributed by atoms with Gasteiger partial charge in [0.05, 0.1) is 5.52 Å². The van der Waals surface area contributed by atoms with Crippen molar-refractivity contribution in [3.05, 3.63) is 39.9 Å². The first-order valence-electron chi connectivity index (χ1n) is 6.08. The molecule has 2 N–H and O–H groups in total. The molecule has 3 aromatic rings. The zero-order chi connectivity index (χ0) is 12.9. The molecule has 0 aliphatic rings. The molecule has 0 bridgehead atoms. The smallest absolute Gasteiger partial charge is 0.274 e. The van der Waals surface area contributed by atoms with E-state index in [0.29, 0.717) is 5.52 Å². The molecule has 0 saturated heterocycles. The van der Waals surface area contributed by atoms with Crippen LogP contribution in [0.3, 0.4) is 0 Å². The monoisotopic (exact) mass is 241 g/mol. The Morgan fingerprint density at radius 3 is 2.72 bits per heavy atom. The van der Waals surface area contributed by atoms with Gasteiger partial charge >= 0.3 is 0 Å². The third-order valence-electron chi connectivity index (χ3n) is 3.17. The Balaban J connectivity index is 2.49. The highest BCUT2D eigenvalue weighted by Crippen LogP contribution is 2.22. The van der Waals surface area contributed by atoms with Gasteiger partial charge in [0.1, 0.15) is 16.9 Å². The third kappa shape index (κ3) is 1.53. The highest BCUT2D eigenvalue weighted by atomic mass is 16.1. The lowest BCUT2D eigenvalue weighted by Crippen LogP contribution is -2.06. The van der Waals surface area contributed by atoms with Crippen LogP contribution in [-0.4, -0.2) is 15.0 Å². The average Bonchev–Trinajstić information content (AvgIpc) is 2.74. The molecule has 4 nitrogen and oxygen atoms in total. The van der Waals surface area contributed by atoms with Crippen molar-refractivity contribution >= 4 is 21.9 Å². The lowest BCUT2D eigenvalue weighted by Gasteiger charge is -1.99. The summed E-state index contributed by atoms with van der Waals surface area (Å²) in [6.07, 6.45) is 0. The Kier molecular flexibility index (Phi) is 2.26. The van der Waals surface area contributed by atoms with Crippen LogP contribution in [0.15, 0.2) is 23.0 Å². The van der Waals surface area contributed by atoms with Gasteiger partial charge in [0, 0.05) is 11.3 Å². The summed E-state index contributed by atoms with van der Waals surface area (Å²) in [5, 5.41) is 0.985. The first-order chi connectivity index (χ1) is 8.56. The summed E-state index contributed by atoms with van der Waals surface area (Å²) in [4.78, 5) is 22.6. The Labute approximate surface area is 104 Å². The molecule has 0 amide bonds. The van der Waals surface area contributed by atoms with E-state index in [1.807, 2.05) is 25.1 Å². The van der Waals surface area contributed by atoms with Crippen LogP contribution >= 0.6 is 0 Å². The molecule has 92 valence electrons. The molecule has 0 saturated carbocycles. The van der Waals surface area contributed by atoms with E-state index < -0.39 is 0 Å². The number of nitrogens with one attached hydrogen (secondary N) is 2. The van der Waals surface area contributed by atoms with Gasteiger partial charge in [-0.25, -0.2) is 4.98 Å². The van der Waals surface area contributed by atoms with Crippen LogP contribution in [0, 0.1) is 6.92 Å². The predicted octanol–water partition coefficient (Wildman–Crippen LogP) is 2.84. The van der Waals surface area contributed by atoms with E-state index in [-0.39, 0.29) is 11.5 Å². The molecule has 2 aromatic heterocycles. The number of hydrogen-bond donors (Lipinski definition) is 2. The second-order valence-corrected chi connectivity index (χ2v) is 5.00.